The molecule has 2 unspecified atom stereocenters. The largest absolute Gasteiger partial charge is 0.494 e. The molecule has 0 bridgehead atoms. The van der Waals surface area contributed by atoms with Crippen LogP contribution in [0, 0.1) is 0 Å². The van der Waals surface area contributed by atoms with Crippen LogP contribution in [0.5, 0.6) is 5.88 Å². The molecule has 0 saturated carbocycles. The highest BCUT2D eigenvalue weighted by Crippen LogP contribution is 2.32. The zero-order valence-electron chi connectivity index (χ0n) is 27.5. The Labute approximate surface area is 284 Å². The van der Waals surface area contributed by atoms with Crippen molar-refractivity contribution >= 4 is 46.5 Å². The van der Waals surface area contributed by atoms with Gasteiger partial charge in [-0.3, -0.25) is 9.69 Å². The smallest absolute Gasteiger partial charge is 0.494 e. The van der Waals surface area contributed by atoms with Gasteiger partial charge in [0.2, 0.25) is 5.91 Å². The van der Waals surface area contributed by atoms with E-state index >= 15 is 0 Å². The number of piperazine rings is 1. The van der Waals surface area contributed by atoms with E-state index in [0.29, 0.717) is 39.9 Å². The van der Waals surface area contributed by atoms with Crippen molar-refractivity contribution in [2.45, 2.75) is 24.4 Å². The monoisotopic (exact) mass is 671 g/mol. The fourth-order valence-electron chi connectivity index (χ4n) is 6.10. The number of amides is 1. The Bertz CT molecular complexity index is 1760. The number of aliphatic hydroxyl groups excluding tert-OH is 4. The fraction of sp³-hybridized carbons (Fsp3) is 0.371. The van der Waals surface area contributed by atoms with Crippen molar-refractivity contribution in [3.8, 4) is 5.88 Å². The van der Waals surface area contributed by atoms with Gasteiger partial charge in [0.05, 0.1) is 42.8 Å². The molecule has 4 atom stereocenters. The molecule has 2 aliphatic rings. The highest BCUT2D eigenvalue weighted by Gasteiger charge is 2.41. The Kier molecular flexibility index (Phi) is 10.8. The van der Waals surface area contributed by atoms with Crippen LogP contribution in [-0.2, 0) is 14.1 Å². The first-order valence-corrected chi connectivity index (χ1v) is 16.3. The molecule has 49 heavy (non-hydrogen) atoms. The Hall–Kier alpha value is -4.12. The number of fused-ring (bicyclic) bond motifs is 1. The summed E-state index contributed by atoms with van der Waals surface area (Å²) in [4.78, 5) is 27.1. The van der Waals surface area contributed by atoms with Gasteiger partial charge in [0, 0.05) is 55.4 Å². The van der Waals surface area contributed by atoms with Crippen LogP contribution in [-0.4, -0.2) is 144 Å². The number of benzene rings is 3. The van der Waals surface area contributed by atoms with E-state index < -0.39 is 38.1 Å². The Morgan fingerprint density at radius 2 is 1.76 bits per heavy atom. The molecule has 258 valence electrons. The van der Waals surface area contributed by atoms with E-state index in [4.69, 9.17) is 19.4 Å². The second-order valence-corrected chi connectivity index (χ2v) is 12.6. The first kappa shape index (κ1) is 34.7. The molecule has 0 radical (unpaired) electrons. The van der Waals surface area contributed by atoms with Crippen molar-refractivity contribution in [3.05, 3.63) is 83.9 Å². The van der Waals surface area contributed by atoms with Crippen molar-refractivity contribution < 1.29 is 39.6 Å². The third-order valence-corrected chi connectivity index (χ3v) is 9.19. The first-order valence-electron chi connectivity index (χ1n) is 16.3. The summed E-state index contributed by atoms with van der Waals surface area (Å²) in [6.07, 6.45) is -5.53. The number of H-pyrrole nitrogens is 1. The van der Waals surface area contributed by atoms with Gasteiger partial charge in [0.15, 0.2) is 5.88 Å². The van der Waals surface area contributed by atoms with Crippen LogP contribution in [0.2, 0.25) is 0 Å². The number of nitrogens with one attached hydrogen (secondary N) is 1. The lowest BCUT2D eigenvalue weighted by molar-refractivity contribution is -0.119. The van der Waals surface area contributed by atoms with Gasteiger partial charge in [-0.05, 0) is 42.8 Å². The van der Waals surface area contributed by atoms with E-state index in [2.05, 4.69) is 21.8 Å². The van der Waals surface area contributed by atoms with Crippen LogP contribution < -0.4 is 10.4 Å². The second-order valence-electron chi connectivity index (χ2n) is 12.6. The van der Waals surface area contributed by atoms with E-state index in [1.165, 1.54) is 0 Å². The number of likely N-dealkylation sites (N-methyl/N-ethyl adjacent to an activating group) is 2. The standard InChI is InChI=1S/C35H42BN5O8/c1-39-14-16-41(17-15-39)19-30(44)40(2)25-11-9-24(10-12-25)37-32(22-6-4-3-5-7-22)31-26-13-8-23(18-27(26)38-35(31)47)36-48-21-29(49-36)34(46)33(45)28(43)20-42/h3-13,18,28-29,33-34,38,42-43,45-47H,14-17,19-21H2,1-2H3/t28-,29+,33?,34?/m1/s1. The Balaban J connectivity index is 1.23. The van der Waals surface area contributed by atoms with Crippen molar-refractivity contribution in [1.82, 2.24) is 14.8 Å². The minimum atomic E-state index is -1.61. The van der Waals surface area contributed by atoms with Gasteiger partial charge in [-0.1, -0.05) is 42.5 Å². The van der Waals surface area contributed by atoms with Crippen LogP contribution >= 0.6 is 0 Å². The number of nitrogens with zero attached hydrogens (tertiary/aromatic N) is 4. The molecule has 2 fully saturated rings. The van der Waals surface area contributed by atoms with E-state index in [-0.39, 0.29) is 18.4 Å². The van der Waals surface area contributed by atoms with E-state index in [1.807, 2.05) is 60.7 Å². The summed E-state index contributed by atoms with van der Waals surface area (Å²) in [5.74, 6) is -0.0599. The summed E-state index contributed by atoms with van der Waals surface area (Å²) < 4.78 is 11.6. The van der Waals surface area contributed by atoms with Crippen molar-refractivity contribution in [2.24, 2.45) is 4.99 Å². The minimum Gasteiger partial charge on any atom is -0.494 e. The summed E-state index contributed by atoms with van der Waals surface area (Å²) in [6, 6.07) is 22.3. The topological polar surface area (TPSA) is 175 Å². The van der Waals surface area contributed by atoms with Gasteiger partial charge < -0.3 is 49.6 Å². The van der Waals surface area contributed by atoms with Crippen LogP contribution in [0.3, 0.4) is 0 Å². The van der Waals surface area contributed by atoms with Crippen molar-refractivity contribution in [1.29, 1.82) is 0 Å². The third-order valence-electron chi connectivity index (χ3n) is 9.19. The predicted octanol–water partition coefficient (Wildman–Crippen LogP) is 0.438. The molecule has 6 N–H and O–H groups in total. The maximum absolute atomic E-state index is 13.0. The molecule has 3 aromatic carbocycles. The van der Waals surface area contributed by atoms with Crippen LogP contribution in [0.25, 0.3) is 10.9 Å². The van der Waals surface area contributed by atoms with Crippen molar-refractivity contribution in [3.63, 3.8) is 0 Å². The molecule has 4 aromatic rings. The average Bonchev–Trinajstić information content (AvgIpc) is 3.75. The molecule has 1 aromatic heterocycles. The predicted molar refractivity (Wildman–Crippen MR) is 187 cm³/mol. The fourth-order valence-corrected chi connectivity index (χ4v) is 6.10. The SMILES string of the molecule is CN1CCN(CC(=O)N(C)c2ccc(N=C(c3ccccc3)c3c(O)[nH]c4cc(B5OC[C@@H](C(O)C(O)[C@H](O)CO)O5)ccc34)cc2)CC1. The number of hydrogen-bond donors (Lipinski definition) is 6. The number of carbonyl (C=O) groups is 1. The zero-order chi connectivity index (χ0) is 34.7. The molecule has 14 heteroatoms. The van der Waals surface area contributed by atoms with Gasteiger partial charge in [-0.2, -0.15) is 0 Å². The molecule has 3 heterocycles. The first-order chi connectivity index (χ1) is 23.6. The number of aromatic nitrogens is 1. The maximum Gasteiger partial charge on any atom is 0.494 e. The highest BCUT2D eigenvalue weighted by atomic mass is 16.6. The normalized spacial score (nSPS) is 19.7. The highest BCUT2D eigenvalue weighted by molar-refractivity contribution is 6.62. The number of hydrogen-bond acceptors (Lipinski definition) is 11. The van der Waals surface area contributed by atoms with E-state index in [1.54, 1.807) is 24.1 Å². The molecular weight excluding hydrogens is 629 g/mol. The van der Waals surface area contributed by atoms with Gasteiger partial charge in [-0.25, -0.2) is 4.99 Å². The number of aromatic amines is 1. The number of rotatable bonds is 11. The molecule has 2 aliphatic heterocycles. The summed E-state index contributed by atoms with van der Waals surface area (Å²) in [5.41, 5.74) is 4.42. The lowest BCUT2D eigenvalue weighted by Crippen LogP contribution is -2.48. The third kappa shape index (κ3) is 7.72. The van der Waals surface area contributed by atoms with Crippen LogP contribution in [0.15, 0.2) is 77.8 Å². The maximum atomic E-state index is 13.0. The molecule has 6 rings (SSSR count). The van der Waals surface area contributed by atoms with Gasteiger partial charge in [-0.15, -0.1) is 0 Å². The number of anilines is 1. The van der Waals surface area contributed by atoms with Gasteiger partial charge in [0.1, 0.15) is 18.3 Å². The second kappa shape index (κ2) is 15.2. The molecule has 0 spiro atoms. The van der Waals surface area contributed by atoms with Gasteiger partial charge >= 0.3 is 7.12 Å². The molecule has 0 aliphatic carbocycles. The Morgan fingerprint density at radius 1 is 1.04 bits per heavy atom. The lowest BCUT2D eigenvalue weighted by Gasteiger charge is -2.32. The van der Waals surface area contributed by atoms with Crippen LogP contribution in [0.1, 0.15) is 11.1 Å². The summed E-state index contributed by atoms with van der Waals surface area (Å²) in [6.45, 7) is 3.24. The number of carbonyl (C=O) groups excluding carboxylic acids is 1. The van der Waals surface area contributed by atoms with E-state index in [0.717, 1.165) is 37.4 Å². The van der Waals surface area contributed by atoms with Crippen molar-refractivity contribution in [2.75, 3.05) is 64.9 Å². The van der Waals surface area contributed by atoms with Crippen LogP contribution in [0.4, 0.5) is 11.4 Å². The lowest BCUT2D eigenvalue weighted by atomic mass is 9.79. The molecule has 2 saturated heterocycles. The summed E-state index contributed by atoms with van der Waals surface area (Å²) in [5, 5.41) is 51.3. The number of aliphatic hydroxyl groups is 4. The average molecular weight is 672 g/mol. The summed E-state index contributed by atoms with van der Waals surface area (Å²) in [7, 11) is 2.99. The molecular formula is C35H42BN5O8. The van der Waals surface area contributed by atoms with E-state index in [9.17, 15) is 25.2 Å². The number of aliphatic imine (C=N–C) groups is 1. The number of aromatic hydroxyl groups is 1. The zero-order valence-corrected chi connectivity index (χ0v) is 27.5. The summed E-state index contributed by atoms with van der Waals surface area (Å²) >= 11 is 0. The molecule has 1 amide bonds. The molecule has 13 nitrogen and oxygen atoms in total. The Morgan fingerprint density at radius 3 is 2.45 bits per heavy atom. The van der Waals surface area contributed by atoms with Gasteiger partial charge in [0.25, 0.3) is 0 Å². The minimum absolute atomic E-state index is 0.0204. The quantitative estimate of drug-likeness (QED) is 0.0970.